The summed E-state index contributed by atoms with van der Waals surface area (Å²) in [6.07, 6.45) is 3.63. The molecular weight excluding hydrogens is 400 g/mol. The molecule has 0 aliphatic heterocycles. The van der Waals surface area contributed by atoms with E-state index >= 15 is 0 Å². The second-order valence-corrected chi connectivity index (χ2v) is 8.22. The van der Waals surface area contributed by atoms with E-state index < -0.39 is 22.5 Å². The SMILES string of the molecule is CCc1ccccc1N(CC(=O)N/N=C/c1ccccn1)S(=O)(=O)c1ccccc1. The van der Waals surface area contributed by atoms with E-state index in [0.717, 1.165) is 9.87 Å². The van der Waals surface area contributed by atoms with Crippen molar-refractivity contribution in [1.29, 1.82) is 0 Å². The van der Waals surface area contributed by atoms with Gasteiger partial charge in [0.25, 0.3) is 15.9 Å². The summed E-state index contributed by atoms with van der Waals surface area (Å²) >= 11 is 0. The fraction of sp³-hybridized carbons (Fsp3) is 0.136. The lowest BCUT2D eigenvalue weighted by Crippen LogP contribution is -2.40. The van der Waals surface area contributed by atoms with E-state index in [1.807, 2.05) is 19.1 Å². The van der Waals surface area contributed by atoms with E-state index in [-0.39, 0.29) is 4.90 Å². The largest absolute Gasteiger partial charge is 0.271 e. The Hall–Kier alpha value is -3.52. The van der Waals surface area contributed by atoms with E-state index in [1.54, 1.807) is 54.7 Å². The Morgan fingerprint density at radius 3 is 2.43 bits per heavy atom. The van der Waals surface area contributed by atoms with Crippen LogP contribution in [0.15, 0.2) is 89.0 Å². The number of hydrazone groups is 1. The molecule has 154 valence electrons. The third-order valence-corrected chi connectivity index (χ3v) is 6.11. The van der Waals surface area contributed by atoms with Gasteiger partial charge >= 0.3 is 0 Å². The summed E-state index contributed by atoms with van der Waals surface area (Å²) in [5, 5.41) is 3.88. The molecule has 1 N–H and O–H groups in total. The van der Waals surface area contributed by atoms with Gasteiger partial charge in [-0.05, 0) is 42.3 Å². The summed E-state index contributed by atoms with van der Waals surface area (Å²) in [7, 11) is -3.95. The number of rotatable bonds is 8. The van der Waals surface area contributed by atoms with Crippen LogP contribution < -0.4 is 9.73 Å². The van der Waals surface area contributed by atoms with Crippen molar-refractivity contribution in [2.24, 2.45) is 5.10 Å². The molecule has 1 aromatic heterocycles. The van der Waals surface area contributed by atoms with E-state index in [0.29, 0.717) is 17.8 Å². The Morgan fingerprint density at radius 2 is 1.73 bits per heavy atom. The van der Waals surface area contributed by atoms with Crippen LogP contribution in [0.2, 0.25) is 0 Å². The fourth-order valence-electron chi connectivity index (χ4n) is 2.86. The predicted molar refractivity (Wildman–Crippen MR) is 117 cm³/mol. The van der Waals surface area contributed by atoms with Gasteiger partial charge in [0.1, 0.15) is 6.54 Å². The lowest BCUT2D eigenvalue weighted by Gasteiger charge is -2.25. The minimum absolute atomic E-state index is 0.112. The Bertz CT molecular complexity index is 1120. The number of amides is 1. The van der Waals surface area contributed by atoms with Gasteiger partial charge in [-0.3, -0.25) is 14.1 Å². The minimum atomic E-state index is -3.95. The summed E-state index contributed by atoms with van der Waals surface area (Å²) in [4.78, 5) is 16.7. The number of carbonyl (C=O) groups is 1. The molecule has 1 heterocycles. The molecule has 3 rings (SSSR count). The number of aryl methyl sites for hydroxylation is 1. The Morgan fingerprint density at radius 1 is 1.03 bits per heavy atom. The smallest absolute Gasteiger partial charge is 0.264 e. The van der Waals surface area contributed by atoms with Crippen molar-refractivity contribution in [2.45, 2.75) is 18.2 Å². The Kier molecular flexibility index (Phi) is 6.92. The molecule has 3 aromatic rings. The number of aromatic nitrogens is 1. The van der Waals surface area contributed by atoms with E-state index in [4.69, 9.17) is 0 Å². The summed E-state index contributed by atoms with van der Waals surface area (Å²) < 4.78 is 27.8. The van der Waals surface area contributed by atoms with Crippen molar-refractivity contribution in [2.75, 3.05) is 10.8 Å². The zero-order chi connectivity index (χ0) is 21.4. The van der Waals surface area contributed by atoms with Crippen molar-refractivity contribution in [3.63, 3.8) is 0 Å². The van der Waals surface area contributed by atoms with Gasteiger partial charge in [-0.25, -0.2) is 13.8 Å². The van der Waals surface area contributed by atoms with E-state index in [9.17, 15) is 13.2 Å². The number of sulfonamides is 1. The van der Waals surface area contributed by atoms with Gasteiger partial charge in [0.15, 0.2) is 0 Å². The number of nitrogens with one attached hydrogen (secondary N) is 1. The maximum absolute atomic E-state index is 13.3. The van der Waals surface area contributed by atoms with Crippen molar-refractivity contribution in [1.82, 2.24) is 10.4 Å². The number of para-hydroxylation sites is 1. The zero-order valence-corrected chi connectivity index (χ0v) is 17.3. The maximum atomic E-state index is 13.3. The Balaban J connectivity index is 1.88. The van der Waals surface area contributed by atoms with Crippen molar-refractivity contribution >= 4 is 27.8 Å². The van der Waals surface area contributed by atoms with Crippen LogP contribution in [0.1, 0.15) is 18.2 Å². The topological polar surface area (TPSA) is 91.7 Å². The first kappa shape index (κ1) is 21.2. The molecule has 2 aromatic carbocycles. The van der Waals surface area contributed by atoms with Crippen molar-refractivity contribution < 1.29 is 13.2 Å². The number of benzene rings is 2. The van der Waals surface area contributed by atoms with Crippen molar-refractivity contribution in [3.05, 3.63) is 90.3 Å². The fourth-order valence-corrected chi connectivity index (χ4v) is 4.34. The normalized spacial score (nSPS) is 11.4. The molecule has 1 amide bonds. The van der Waals surface area contributed by atoms with Crippen LogP contribution in [0.3, 0.4) is 0 Å². The molecule has 0 aliphatic rings. The lowest BCUT2D eigenvalue weighted by molar-refractivity contribution is -0.119. The molecule has 0 saturated carbocycles. The van der Waals surface area contributed by atoms with Gasteiger partial charge in [-0.15, -0.1) is 0 Å². The molecule has 30 heavy (non-hydrogen) atoms. The molecule has 0 atom stereocenters. The summed E-state index contributed by atoms with van der Waals surface area (Å²) in [6.45, 7) is 1.52. The predicted octanol–water partition coefficient (Wildman–Crippen LogP) is 2.99. The number of carbonyl (C=O) groups excluding carboxylic acids is 1. The van der Waals surface area contributed by atoms with Gasteiger partial charge in [0.05, 0.1) is 22.5 Å². The van der Waals surface area contributed by atoms with Gasteiger partial charge in [0, 0.05) is 6.20 Å². The summed E-state index contributed by atoms with van der Waals surface area (Å²) in [6, 6.07) is 20.5. The van der Waals surface area contributed by atoms with Crippen molar-refractivity contribution in [3.8, 4) is 0 Å². The first-order valence-electron chi connectivity index (χ1n) is 9.41. The van der Waals surface area contributed by atoms with Crippen LogP contribution in [0.4, 0.5) is 5.69 Å². The van der Waals surface area contributed by atoms with Crippen LogP contribution in [0, 0.1) is 0 Å². The second kappa shape index (κ2) is 9.80. The van der Waals surface area contributed by atoms with Crippen LogP contribution in [-0.2, 0) is 21.2 Å². The lowest BCUT2D eigenvalue weighted by atomic mass is 10.1. The molecule has 0 aliphatic carbocycles. The molecular formula is C22H22N4O3S. The maximum Gasteiger partial charge on any atom is 0.264 e. The number of nitrogens with zero attached hydrogens (tertiary/aromatic N) is 3. The highest BCUT2D eigenvalue weighted by molar-refractivity contribution is 7.92. The highest BCUT2D eigenvalue weighted by Gasteiger charge is 2.28. The molecule has 0 saturated heterocycles. The van der Waals surface area contributed by atoms with Crippen LogP contribution in [0.5, 0.6) is 0 Å². The minimum Gasteiger partial charge on any atom is -0.271 e. The average molecular weight is 423 g/mol. The third-order valence-electron chi connectivity index (χ3n) is 4.33. The summed E-state index contributed by atoms with van der Waals surface area (Å²) in [5.41, 5.74) is 4.24. The number of pyridine rings is 1. The van der Waals surface area contributed by atoms with Gasteiger partial charge in [-0.2, -0.15) is 5.10 Å². The van der Waals surface area contributed by atoms with Gasteiger partial charge < -0.3 is 0 Å². The third kappa shape index (κ3) is 5.09. The standard InChI is InChI=1S/C22H22N4O3S/c1-2-18-10-6-7-14-21(18)26(30(28,29)20-12-4-3-5-13-20)17-22(27)25-24-16-19-11-8-9-15-23-19/h3-16H,2,17H2,1H3,(H,25,27)/b24-16+. The highest BCUT2D eigenvalue weighted by atomic mass is 32.2. The molecule has 0 radical (unpaired) electrons. The first-order valence-corrected chi connectivity index (χ1v) is 10.8. The van der Waals surface area contributed by atoms with Crippen LogP contribution in [0.25, 0.3) is 0 Å². The summed E-state index contributed by atoms with van der Waals surface area (Å²) in [5.74, 6) is -0.562. The van der Waals surface area contributed by atoms with Crippen LogP contribution in [-0.4, -0.2) is 32.1 Å². The number of anilines is 1. The zero-order valence-electron chi connectivity index (χ0n) is 16.5. The molecule has 0 spiro atoms. The van der Waals surface area contributed by atoms with E-state index in [1.165, 1.54) is 18.3 Å². The number of hydrogen-bond donors (Lipinski definition) is 1. The molecule has 0 bridgehead atoms. The quantitative estimate of drug-likeness (QED) is 0.446. The number of hydrogen-bond acceptors (Lipinski definition) is 5. The monoisotopic (exact) mass is 422 g/mol. The molecule has 0 fully saturated rings. The first-order chi connectivity index (χ1) is 14.5. The molecule has 8 heteroatoms. The molecule has 7 nitrogen and oxygen atoms in total. The Labute approximate surface area is 176 Å². The average Bonchev–Trinajstić information content (AvgIpc) is 2.78. The van der Waals surface area contributed by atoms with Gasteiger partial charge in [-0.1, -0.05) is 49.4 Å². The van der Waals surface area contributed by atoms with E-state index in [2.05, 4.69) is 15.5 Å². The highest BCUT2D eigenvalue weighted by Crippen LogP contribution is 2.27. The van der Waals surface area contributed by atoms with Gasteiger partial charge in [0.2, 0.25) is 0 Å². The second-order valence-electron chi connectivity index (χ2n) is 6.35. The van der Waals surface area contributed by atoms with Crippen LogP contribution >= 0.6 is 0 Å². The molecule has 0 unspecified atom stereocenters.